The van der Waals surface area contributed by atoms with Gasteiger partial charge in [-0.2, -0.15) is 0 Å². The quantitative estimate of drug-likeness (QED) is 0.866. The molecule has 2 aliphatic heterocycles. The number of benzene rings is 1. The van der Waals surface area contributed by atoms with Crippen LogP contribution >= 0.6 is 0 Å². The fourth-order valence-corrected chi connectivity index (χ4v) is 3.31. The van der Waals surface area contributed by atoms with Crippen molar-refractivity contribution in [2.24, 2.45) is 5.41 Å². The van der Waals surface area contributed by atoms with Crippen molar-refractivity contribution in [3.05, 3.63) is 24.3 Å². The predicted octanol–water partition coefficient (Wildman–Crippen LogP) is 2.28. The predicted molar refractivity (Wildman–Crippen MR) is 74.4 cm³/mol. The number of nitrogens with zero attached hydrogens (tertiary/aromatic N) is 1. The van der Waals surface area contributed by atoms with Crippen molar-refractivity contribution < 1.29 is 4.74 Å². The number of nitrogens with one attached hydrogen (secondary N) is 1. The van der Waals surface area contributed by atoms with Crippen LogP contribution in [0.2, 0.25) is 0 Å². The summed E-state index contributed by atoms with van der Waals surface area (Å²) in [5.41, 5.74) is 1.91. The molecular weight excluding hydrogens is 224 g/mol. The minimum atomic E-state index is 0.575. The monoisotopic (exact) mass is 246 g/mol. The minimum absolute atomic E-state index is 0.575. The molecule has 0 saturated carbocycles. The van der Waals surface area contributed by atoms with E-state index in [1.807, 2.05) is 0 Å². The van der Waals surface area contributed by atoms with Crippen LogP contribution in [0.3, 0.4) is 0 Å². The standard InChI is InChI=1S/C15H22N2O/c1-18-14-4-2-13(3-5-14)17-11-8-15(12-17)6-9-16-10-7-15/h2-5,16H,6-12H2,1H3. The lowest BCUT2D eigenvalue weighted by Gasteiger charge is -2.34. The molecule has 0 aliphatic carbocycles. The summed E-state index contributed by atoms with van der Waals surface area (Å²) < 4.78 is 5.21. The number of anilines is 1. The number of ether oxygens (including phenoxy) is 1. The number of methoxy groups -OCH3 is 1. The van der Waals surface area contributed by atoms with E-state index in [1.165, 1.54) is 51.1 Å². The smallest absolute Gasteiger partial charge is 0.119 e. The van der Waals surface area contributed by atoms with Crippen LogP contribution in [0.15, 0.2) is 24.3 Å². The van der Waals surface area contributed by atoms with Crippen LogP contribution in [0.1, 0.15) is 19.3 Å². The summed E-state index contributed by atoms with van der Waals surface area (Å²) in [6.45, 7) is 4.81. The van der Waals surface area contributed by atoms with Crippen LogP contribution in [-0.2, 0) is 0 Å². The van der Waals surface area contributed by atoms with E-state index in [2.05, 4.69) is 34.5 Å². The lowest BCUT2D eigenvalue weighted by atomic mass is 9.78. The maximum atomic E-state index is 5.21. The van der Waals surface area contributed by atoms with Crippen molar-refractivity contribution >= 4 is 5.69 Å². The van der Waals surface area contributed by atoms with Crippen LogP contribution in [-0.4, -0.2) is 33.3 Å². The van der Waals surface area contributed by atoms with Crippen molar-refractivity contribution in [1.82, 2.24) is 5.32 Å². The molecule has 3 nitrogen and oxygen atoms in total. The Labute approximate surface area is 109 Å². The van der Waals surface area contributed by atoms with Gasteiger partial charge >= 0.3 is 0 Å². The van der Waals surface area contributed by atoms with Crippen molar-refractivity contribution in [3.8, 4) is 5.75 Å². The molecule has 1 N–H and O–H groups in total. The Hall–Kier alpha value is -1.22. The molecule has 0 bridgehead atoms. The first kappa shape index (κ1) is 11.8. The van der Waals surface area contributed by atoms with Crippen LogP contribution in [0.25, 0.3) is 0 Å². The highest BCUT2D eigenvalue weighted by atomic mass is 16.5. The fraction of sp³-hybridized carbons (Fsp3) is 0.600. The second-order valence-electron chi connectivity index (χ2n) is 5.62. The Morgan fingerprint density at radius 3 is 2.50 bits per heavy atom. The van der Waals surface area contributed by atoms with Crippen LogP contribution in [0.4, 0.5) is 5.69 Å². The van der Waals surface area contributed by atoms with Crippen molar-refractivity contribution in [3.63, 3.8) is 0 Å². The lowest BCUT2D eigenvalue weighted by molar-refractivity contribution is 0.232. The average Bonchev–Trinajstić information content (AvgIpc) is 2.83. The van der Waals surface area contributed by atoms with Crippen LogP contribution in [0.5, 0.6) is 5.75 Å². The van der Waals surface area contributed by atoms with Crippen molar-refractivity contribution in [1.29, 1.82) is 0 Å². The molecule has 0 atom stereocenters. The number of piperidine rings is 1. The highest BCUT2D eigenvalue weighted by Crippen LogP contribution is 2.40. The van der Waals surface area contributed by atoms with Gasteiger partial charge in [0.15, 0.2) is 0 Å². The largest absolute Gasteiger partial charge is 0.497 e. The van der Waals surface area contributed by atoms with Gasteiger partial charge in [-0.25, -0.2) is 0 Å². The Morgan fingerprint density at radius 1 is 1.11 bits per heavy atom. The average molecular weight is 246 g/mol. The van der Waals surface area contributed by atoms with Gasteiger partial charge in [-0.15, -0.1) is 0 Å². The van der Waals surface area contributed by atoms with E-state index in [1.54, 1.807) is 7.11 Å². The summed E-state index contributed by atoms with van der Waals surface area (Å²) >= 11 is 0. The van der Waals surface area contributed by atoms with E-state index in [0.29, 0.717) is 5.41 Å². The van der Waals surface area contributed by atoms with Crippen molar-refractivity contribution in [2.45, 2.75) is 19.3 Å². The summed E-state index contributed by atoms with van der Waals surface area (Å²) in [5, 5.41) is 3.47. The Kier molecular flexibility index (Phi) is 3.16. The zero-order chi connectivity index (χ0) is 12.4. The van der Waals surface area contributed by atoms with Gasteiger partial charge in [0.1, 0.15) is 5.75 Å². The molecule has 3 rings (SSSR count). The van der Waals surface area contributed by atoms with Gasteiger partial charge in [-0.3, -0.25) is 0 Å². The van der Waals surface area contributed by atoms with Gasteiger partial charge in [-0.05, 0) is 62.0 Å². The molecule has 1 aromatic carbocycles. The summed E-state index contributed by atoms with van der Waals surface area (Å²) in [6.07, 6.45) is 4.01. The SMILES string of the molecule is COc1ccc(N2CCC3(CCNCC3)C2)cc1. The molecule has 2 fully saturated rings. The molecular formula is C15H22N2O. The lowest BCUT2D eigenvalue weighted by Crippen LogP contribution is -2.38. The molecule has 98 valence electrons. The normalized spacial score (nSPS) is 22.4. The third kappa shape index (κ3) is 2.19. The van der Waals surface area contributed by atoms with Crippen LogP contribution in [0, 0.1) is 5.41 Å². The molecule has 2 aliphatic rings. The van der Waals surface area contributed by atoms with E-state index in [4.69, 9.17) is 4.74 Å². The second kappa shape index (κ2) is 4.81. The molecule has 1 aromatic rings. The maximum Gasteiger partial charge on any atom is 0.119 e. The zero-order valence-electron chi connectivity index (χ0n) is 11.1. The third-order valence-electron chi connectivity index (χ3n) is 4.54. The van der Waals surface area contributed by atoms with E-state index in [0.717, 1.165) is 5.75 Å². The van der Waals surface area contributed by atoms with Gasteiger partial charge < -0.3 is 15.0 Å². The Balaban J connectivity index is 1.70. The molecule has 0 unspecified atom stereocenters. The van der Waals surface area contributed by atoms with E-state index >= 15 is 0 Å². The van der Waals surface area contributed by atoms with Gasteiger partial charge in [-0.1, -0.05) is 0 Å². The molecule has 18 heavy (non-hydrogen) atoms. The molecule has 0 radical (unpaired) electrons. The summed E-state index contributed by atoms with van der Waals surface area (Å²) in [5.74, 6) is 0.939. The first-order valence-electron chi connectivity index (χ1n) is 6.91. The highest BCUT2D eigenvalue weighted by Gasteiger charge is 2.38. The summed E-state index contributed by atoms with van der Waals surface area (Å²) in [4.78, 5) is 2.53. The van der Waals surface area contributed by atoms with E-state index < -0.39 is 0 Å². The topological polar surface area (TPSA) is 24.5 Å². The van der Waals surface area contributed by atoms with Gasteiger partial charge in [0.2, 0.25) is 0 Å². The minimum Gasteiger partial charge on any atom is -0.497 e. The Morgan fingerprint density at radius 2 is 1.83 bits per heavy atom. The van der Waals surface area contributed by atoms with Gasteiger partial charge in [0, 0.05) is 18.8 Å². The molecule has 3 heteroatoms. The van der Waals surface area contributed by atoms with E-state index in [-0.39, 0.29) is 0 Å². The van der Waals surface area contributed by atoms with Gasteiger partial charge in [0.05, 0.1) is 7.11 Å². The fourth-order valence-electron chi connectivity index (χ4n) is 3.31. The highest BCUT2D eigenvalue weighted by molar-refractivity contribution is 5.50. The summed E-state index contributed by atoms with van der Waals surface area (Å²) in [7, 11) is 1.72. The van der Waals surface area contributed by atoms with Crippen molar-refractivity contribution in [2.75, 3.05) is 38.2 Å². The summed E-state index contributed by atoms with van der Waals surface area (Å²) in [6, 6.07) is 8.48. The zero-order valence-corrected chi connectivity index (χ0v) is 11.1. The maximum absolute atomic E-state index is 5.21. The van der Waals surface area contributed by atoms with E-state index in [9.17, 15) is 0 Å². The van der Waals surface area contributed by atoms with Gasteiger partial charge in [0.25, 0.3) is 0 Å². The van der Waals surface area contributed by atoms with Crippen LogP contribution < -0.4 is 15.0 Å². The third-order valence-corrected chi connectivity index (χ3v) is 4.54. The second-order valence-corrected chi connectivity index (χ2v) is 5.62. The number of hydrogen-bond acceptors (Lipinski definition) is 3. The molecule has 2 saturated heterocycles. The number of rotatable bonds is 2. The number of hydrogen-bond donors (Lipinski definition) is 1. The molecule has 0 amide bonds. The first-order valence-corrected chi connectivity index (χ1v) is 6.91. The molecule has 0 aromatic heterocycles. The molecule has 2 heterocycles. The molecule has 1 spiro atoms. The Bertz CT molecular complexity index is 395. The first-order chi connectivity index (χ1) is 8.81.